The van der Waals surface area contributed by atoms with E-state index >= 15 is 0 Å². The summed E-state index contributed by atoms with van der Waals surface area (Å²) >= 11 is 0. The van der Waals surface area contributed by atoms with Gasteiger partial charge in [0.15, 0.2) is 0 Å². The average Bonchev–Trinajstić information content (AvgIpc) is 2.34. The molecule has 0 atom stereocenters. The molecule has 1 saturated carbocycles. The van der Waals surface area contributed by atoms with Crippen molar-refractivity contribution in [1.82, 2.24) is 5.32 Å². The van der Waals surface area contributed by atoms with Gasteiger partial charge in [0.25, 0.3) is 0 Å². The minimum absolute atomic E-state index is 0.0670. The van der Waals surface area contributed by atoms with E-state index in [1.54, 1.807) is 0 Å². The quantitative estimate of drug-likeness (QED) is 0.776. The van der Waals surface area contributed by atoms with Gasteiger partial charge in [0.2, 0.25) is 5.91 Å². The van der Waals surface area contributed by atoms with E-state index in [0.29, 0.717) is 19.8 Å². The summed E-state index contributed by atoms with van der Waals surface area (Å²) in [5, 5.41) is 3.27. The second-order valence-corrected chi connectivity index (χ2v) is 5.54. The lowest BCUT2D eigenvalue weighted by Gasteiger charge is -2.45. The molecule has 0 bridgehead atoms. The lowest BCUT2D eigenvalue weighted by atomic mass is 9.72. The smallest absolute Gasteiger partial charge is 0.228 e. The van der Waals surface area contributed by atoms with Crippen LogP contribution in [0.3, 0.4) is 0 Å². The number of ether oxygens (including phenoxy) is 1. The van der Waals surface area contributed by atoms with Crippen molar-refractivity contribution in [3.05, 3.63) is 0 Å². The largest absolute Gasteiger partial charge is 0.381 e. The molecule has 0 aromatic heterocycles. The van der Waals surface area contributed by atoms with Gasteiger partial charge in [-0.3, -0.25) is 4.79 Å². The van der Waals surface area contributed by atoms with Gasteiger partial charge >= 0.3 is 0 Å². The van der Waals surface area contributed by atoms with Crippen molar-refractivity contribution in [1.29, 1.82) is 0 Å². The standard InChI is InChI=1S/C13H24N2O2/c1-2-13(4-3-5-13)15-11(16)12(10-14)6-8-17-9-7-12/h2-10,14H2,1H3,(H,15,16). The van der Waals surface area contributed by atoms with Crippen LogP contribution in [0.25, 0.3) is 0 Å². The zero-order valence-electron chi connectivity index (χ0n) is 10.8. The Kier molecular flexibility index (Phi) is 3.73. The van der Waals surface area contributed by atoms with Crippen LogP contribution in [0.5, 0.6) is 0 Å². The highest BCUT2D eigenvalue weighted by Crippen LogP contribution is 2.37. The third-order valence-corrected chi connectivity index (χ3v) is 4.69. The van der Waals surface area contributed by atoms with Gasteiger partial charge < -0.3 is 15.8 Å². The number of carbonyl (C=O) groups excluding carboxylic acids is 1. The Balaban J connectivity index is 2.01. The van der Waals surface area contributed by atoms with Gasteiger partial charge in [-0.1, -0.05) is 6.92 Å². The van der Waals surface area contributed by atoms with E-state index in [2.05, 4.69) is 12.2 Å². The number of rotatable bonds is 4. The molecule has 0 unspecified atom stereocenters. The van der Waals surface area contributed by atoms with Gasteiger partial charge in [0.05, 0.1) is 5.41 Å². The summed E-state index contributed by atoms with van der Waals surface area (Å²) in [4.78, 5) is 12.5. The number of carbonyl (C=O) groups is 1. The molecule has 17 heavy (non-hydrogen) atoms. The molecular formula is C13H24N2O2. The van der Waals surface area contributed by atoms with Crippen molar-refractivity contribution >= 4 is 5.91 Å². The molecule has 1 aliphatic carbocycles. The maximum absolute atomic E-state index is 12.5. The van der Waals surface area contributed by atoms with E-state index in [0.717, 1.165) is 32.1 Å². The van der Waals surface area contributed by atoms with Gasteiger partial charge in [-0.05, 0) is 38.5 Å². The van der Waals surface area contributed by atoms with Crippen molar-refractivity contribution < 1.29 is 9.53 Å². The predicted molar refractivity (Wildman–Crippen MR) is 66.6 cm³/mol. The minimum atomic E-state index is -0.379. The Labute approximate surface area is 103 Å². The molecular weight excluding hydrogens is 216 g/mol. The summed E-state index contributed by atoms with van der Waals surface area (Å²) < 4.78 is 5.34. The molecule has 2 fully saturated rings. The Bertz CT molecular complexity index is 276. The zero-order valence-corrected chi connectivity index (χ0v) is 10.8. The normalized spacial score (nSPS) is 26.0. The fourth-order valence-electron chi connectivity index (χ4n) is 2.83. The summed E-state index contributed by atoms with van der Waals surface area (Å²) in [5.41, 5.74) is 5.53. The number of hydrogen-bond acceptors (Lipinski definition) is 3. The summed E-state index contributed by atoms with van der Waals surface area (Å²) in [6.45, 7) is 3.90. The summed E-state index contributed by atoms with van der Waals surface area (Å²) in [6, 6.07) is 0. The monoisotopic (exact) mass is 240 g/mol. The van der Waals surface area contributed by atoms with Crippen molar-refractivity contribution in [2.24, 2.45) is 11.1 Å². The number of amides is 1. The summed E-state index contributed by atoms with van der Waals surface area (Å²) in [5.74, 6) is 0.157. The first-order valence-electron chi connectivity index (χ1n) is 6.77. The Morgan fingerprint density at radius 3 is 2.35 bits per heavy atom. The van der Waals surface area contributed by atoms with Gasteiger partial charge in [0, 0.05) is 25.3 Å². The molecule has 1 saturated heterocycles. The molecule has 1 heterocycles. The number of hydrogen-bond donors (Lipinski definition) is 2. The predicted octanol–water partition coefficient (Wildman–Crippen LogP) is 1.19. The third kappa shape index (κ3) is 2.33. The maximum atomic E-state index is 12.5. The van der Waals surface area contributed by atoms with Crippen molar-refractivity contribution in [3.8, 4) is 0 Å². The fraction of sp³-hybridized carbons (Fsp3) is 0.923. The molecule has 2 aliphatic rings. The SMILES string of the molecule is CCC1(NC(=O)C2(CN)CCOCC2)CCC1. The van der Waals surface area contributed by atoms with Crippen molar-refractivity contribution in [2.45, 2.75) is 51.0 Å². The molecule has 4 nitrogen and oxygen atoms in total. The minimum Gasteiger partial charge on any atom is -0.381 e. The topological polar surface area (TPSA) is 64.4 Å². The Morgan fingerprint density at radius 2 is 1.94 bits per heavy atom. The average molecular weight is 240 g/mol. The highest BCUT2D eigenvalue weighted by molar-refractivity contribution is 5.83. The Morgan fingerprint density at radius 1 is 1.29 bits per heavy atom. The molecule has 1 aliphatic heterocycles. The van der Waals surface area contributed by atoms with Gasteiger partial charge in [-0.25, -0.2) is 0 Å². The van der Waals surface area contributed by atoms with Crippen LogP contribution in [0, 0.1) is 5.41 Å². The molecule has 0 aromatic carbocycles. The number of nitrogens with two attached hydrogens (primary N) is 1. The van der Waals surface area contributed by atoms with E-state index in [1.165, 1.54) is 6.42 Å². The first-order valence-corrected chi connectivity index (χ1v) is 6.77. The summed E-state index contributed by atoms with van der Waals surface area (Å²) in [7, 11) is 0. The van der Waals surface area contributed by atoms with Crippen LogP contribution in [-0.2, 0) is 9.53 Å². The maximum Gasteiger partial charge on any atom is 0.228 e. The third-order valence-electron chi connectivity index (χ3n) is 4.69. The molecule has 0 radical (unpaired) electrons. The molecule has 4 heteroatoms. The van der Waals surface area contributed by atoms with E-state index in [1.807, 2.05) is 0 Å². The second kappa shape index (κ2) is 4.94. The molecule has 0 spiro atoms. The van der Waals surface area contributed by atoms with Gasteiger partial charge in [-0.15, -0.1) is 0 Å². The molecule has 98 valence electrons. The first kappa shape index (κ1) is 12.8. The lowest BCUT2D eigenvalue weighted by Crippen LogP contribution is -2.59. The van der Waals surface area contributed by atoms with Crippen molar-refractivity contribution in [2.75, 3.05) is 19.8 Å². The molecule has 2 rings (SSSR count). The highest BCUT2D eigenvalue weighted by atomic mass is 16.5. The zero-order chi connectivity index (χ0) is 12.4. The van der Waals surface area contributed by atoms with Crippen LogP contribution in [0.1, 0.15) is 45.4 Å². The van der Waals surface area contributed by atoms with Gasteiger partial charge in [0.1, 0.15) is 0 Å². The van der Waals surface area contributed by atoms with Crippen LogP contribution in [0.15, 0.2) is 0 Å². The number of nitrogens with one attached hydrogen (secondary N) is 1. The molecule has 3 N–H and O–H groups in total. The van der Waals surface area contributed by atoms with E-state index < -0.39 is 0 Å². The first-order chi connectivity index (χ1) is 8.16. The van der Waals surface area contributed by atoms with Crippen molar-refractivity contribution in [3.63, 3.8) is 0 Å². The molecule has 1 amide bonds. The molecule has 0 aromatic rings. The second-order valence-electron chi connectivity index (χ2n) is 5.54. The Hall–Kier alpha value is -0.610. The van der Waals surface area contributed by atoms with Crippen LogP contribution in [0.4, 0.5) is 0 Å². The van der Waals surface area contributed by atoms with Gasteiger partial charge in [-0.2, -0.15) is 0 Å². The van der Waals surface area contributed by atoms with Crippen LogP contribution in [-0.4, -0.2) is 31.2 Å². The van der Waals surface area contributed by atoms with E-state index in [9.17, 15) is 4.79 Å². The van der Waals surface area contributed by atoms with E-state index in [-0.39, 0.29) is 16.9 Å². The van der Waals surface area contributed by atoms with Crippen LogP contribution < -0.4 is 11.1 Å². The fourth-order valence-corrected chi connectivity index (χ4v) is 2.83. The summed E-state index contributed by atoms with van der Waals surface area (Å²) in [6.07, 6.45) is 6.01. The lowest BCUT2D eigenvalue weighted by molar-refractivity contribution is -0.139. The van der Waals surface area contributed by atoms with E-state index in [4.69, 9.17) is 10.5 Å². The highest BCUT2D eigenvalue weighted by Gasteiger charge is 2.44. The van der Waals surface area contributed by atoms with Crippen LogP contribution >= 0.6 is 0 Å². The van der Waals surface area contributed by atoms with Crippen LogP contribution in [0.2, 0.25) is 0 Å².